The molecule has 1 aliphatic rings. The largest absolute Gasteiger partial charge is 0.339 e. The molecule has 2 aromatic heterocycles. The molecule has 1 aliphatic heterocycles. The maximum Gasteiger partial charge on any atom is 0.232 e. The van der Waals surface area contributed by atoms with E-state index in [9.17, 15) is 0 Å². The molecule has 0 spiro atoms. The second-order valence-corrected chi connectivity index (χ2v) is 6.00. The van der Waals surface area contributed by atoms with Crippen LogP contribution in [0.15, 0.2) is 9.90 Å². The van der Waals surface area contributed by atoms with E-state index >= 15 is 0 Å². The predicted octanol–water partition coefficient (Wildman–Crippen LogP) is 2.63. The molecular weight excluding hydrogens is 260 g/mol. The molecule has 1 fully saturated rings. The Kier molecular flexibility index (Phi) is 3.89. The Morgan fingerprint density at radius 1 is 1.37 bits per heavy atom. The Balaban J connectivity index is 1.68. The molecule has 0 aliphatic carbocycles. The van der Waals surface area contributed by atoms with Gasteiger partial charge in [0.2, 0.25) is 5.89 Å². The second-order valence-electron chi connectivity index (χ2n) is 4.94. The quantitative estimate of drug-likeness (QED) is 0.935. The summed E-state index contributed by atoms with van der Waals surface area (Å²) in [5, 5.41) is 10.7. The molecule has 3 rings (SSSR count). The third-order valence-electron chi connectivity index (χ3n) is 3.35. The number of hydrogen-bond donors (Lipinski definition) is 1. The summed E-state index contributed by atoms with van der Waals surface area (Å²) < 4.78 is 5.34. The van der Waals surface area contributed by atoms with Gasteiger partial charge in [-0.2, -0.15) is 4.98 Å². The highest BCUT2D eigenvalue weighted by molar-refractivity contribution is 7.09. The Morgan fingerprint density at radius 3 is 3.16 bits per heavy atom. The first-order valence-electron chi connectivity index (χ1n) is 6.78. The van der Waals surface area contributed by atoms with Crippen LogP contribution in [-0.4, -0.2) is 21.7 Å². The predicted molar refractivity (Wildman–Crippen MR) is 73.2 cm³/mol. The highest BCUT2D eigenvalue weighted by Crippen LogP contribution is 2.21. The van der Waals surface area contributed by atoms with E-state index in [0.29, 0.717) is 12.3 Å². The number of thiazole rings is 1. The van der Waals surface area contributed by atoms with Crippen LogP contribution in [0.3, 0.4) is 0 Å². The molecule has 1 atom stereocenters. The first kappa shape index (κ1) is 12.7. The molecule has 0 saturated carbocycles. The molecule has 1 saturated heterocycles. The zero-order valence-electron chi connectivity index (χ0n) is 11.1. The minimum atomic E-state index is 0.247. The molecule has 6 heteroatoms. The van der Waals surface area contributed by atoms with Crippen LogP contribution < -0.4 is 5.32 Å². The maximum absolute atomic E-state index is 5.34. The van der Waals surface area contributed by atoms with Crippen LogP contribution in [0, 0.1) is 6.92 Å². The monoisotopic (exact) mass is 278 g/mol. The van der Waals surface area contributed by atoms with Crippen LogP contribution in [-0.2, 0) is 6.42 Å². The topological polar surface area (TPSA) is 63.8 Å². The van der Waals surface area contributed by atoms with Gasteiger partial charge in [0, 0.05) is 5.38 Å². The molecule has 3 heterocycles. The van der Waals surface area contributed by atoms with Gasteiger partial charge in [0.15, 0.2) is 5.82 Å². The van der Waals surface area contributed by atoms with E-state index in [2.05, 4.69) is 20.4 Å². The lowest BCUT2D eigenvalue weighted by Crippen LogP contribution is -2.21. The minimum Gasteiger partial charge on any atom is -0.339 e. The van der Waals surface area contributed by atoms with Gasteiger partial charge >= 0.3 is 0 Å². The first-order chi connectivity index (χ1) is 9.31. The lowest BCUT2D eigenvalue weighted by molar-refractivity contribution is 0.368. The molecule has 0 amide bonds. The zero-order chi connectivity index (χ0) is 13.1. The van der Waals surface area contributed by atoms with Crippen molar-refractivity contribution in [3.05, 3.63) is 27.8 Å². The van der Waals surface area contributed by atoms with E-state index in [0.717, 1.165) is 29.5 Å². The average Bonchev–Trinajstić information content (AvgIpc) is 2.92. The van der Waals surface area contributed by atoms with Crippen molar-refractivity contribution < 1.29 is 4.52 Å². The van der Waals surface area contributed by atoms with Gasteiger partial charge in [0.05, 0.1) is 23.2 Å². The molecular formula is C13H18N4OS. The van der Waals surface area contributed by atoms with Crippen molar-refractivity contribution in [1.29, 1.82) is 0 Å². The molecule has 0 aromatic carbocycles. The van der Waals surface area contributed by atoms with Gasteiger partial charge in [-0.25, -0.2) is 4.98 Å². The van der Waals surface area contributed by atoms with E-state index in [1.165, 1.54) is 19.3 Å². The van der Waals surface area contributed by atoms with E-state index in [1.54, 1.807) is 11.3 Å². The van der Waals surface area contributed by atoms with Gasteiger partial charge in [-0.15, -0.1) is 11.3 Å². The van der Waals surface area contributed by atoms with E-state index < -0.39 is 0 Å². The zero-order valence-corrected chi connectivity index (χ0v) is 11.9. The van der Waals surface area contributed by atoms with Crippen molar-refractivity contribution in [3.63, 3.8) is 0 Å². The van der Waals surface area contributed by atoms with Gasteiger partial charge in [0.25, 0.3) is 0 Å². The molecule has 19 heavy (non-hydrogen) atoms. The van der Waals surface area contributed by atoms with Gasteiger partial charge < -0.3 is 9.84 Å². The van der Waals surface area contributed by atoms with E-state index in [-0.39, 0.29) is 6.04 Å². The normalized spacial score (nSPS) is 20.4. The summed E-state index contributed by atoms with van der Waals surface area (Å²) in [6.07, 6.45) is 5.47. The fraction of sp³-hybridized carbons (Fsp3) is 0.615. The Labute approximate surface area is 116 Å². The summed E-state index contributed by atoms with van der Waals surface area (Å²) in [5.41, 5.74) is 1.01. The molecule has 2 aromatic rings. The average molecular weight is 278 g/mol. The SMILES string of the molecule is Cc1nc(Cc2nc([C@H]3CCCCCN3)no2)cs1. The number of aryl methyl sites for hydroxylation is 1. The van der Waals surface area contributed by atoms with Crippen LogP contribution in [0.4, 0.5) is 0 Å². The summed E-state index contributed by atoms with van der Waals surface area (Å²) in [4.78, 5) is 8.92. The molecule has 0 radical (unpaired) electrons. The summed E-state index contributed by atoms with van der Waals surface area (Å²) in [5.74, 6) is 1.45. The van der Waals surface area contributed by atoms with E-state index in [4.69, 9.17) is 4.52 Å². The number of nitrogens with zero attached hydrogens (tertiary/aromatic N) is 3. The smallest absolute Gasteiger partial charge is 0.232 e. The molecule has 0 unspecified atom stereocenters. The Bertz CT molecular complexity index is 528. The molecule has 0 bridgehead atoms. The van der Waals surface area contributed by atoms with E-state index in [1.807, 2.05) is 12.3 Å². The summed E-state index contributed by atoms with van der Waals surface area (Å²) in [7, 11) is 0. The second kappa shape index (κ2) is 5.79. The number of hydrogen-bond acceptors (Lipinski definition) is 6. The number of aromatic nitrogens is 3. The van der Waals surface area contributed by atoms with Crippen molar-refractivity contribution in [2.24, 2.45) is 0 Å². The molecule has 1 N–H and O–H groups in total. The Morgan fingerprint density at radius 2 is 2.32 bits per heavy atom. The van der Waals surface area contributed by atoms with Gasteiger partial charge in [-0.3, -0.25) is 0 Å². The fourth-order valence-electron chi connectivity index (χ4n) is 2.37. The minimum absolute atomic E-state index is 0.247. The van der Waals surface area contributed by atoms with Crippen LogP contribution in [0.5, 0.6) is 0 Å². The third kappa shape index (κ3) is 3.19. The third-order valence-corrected chi connectivity index (χ3v) is 4.18. The van der Waals surface area contributed by atoms with Gasteiger partial charge in [-0.05, 0) is 26.3 Å². The van der Waals surface area contributed by atoms with Crippen LogP contribution in [0.25, 0.3) is 0 Å². The summed E-state index contributed by atoms with van der Waals surface area (Å²) in [6, 6.07) is 0.247. The summed E-state index contributed by atoms with van der Waals surface area (Å²) >= 11 is 1.65. The van der Waals surface area contributed by atoms with Crippen molar-refractivity contribution in [1.82, 2.24) is 20.4 Å². The number of rotatable bonds is 3. The highest BCUT2D eigenvalue weighted by Gasteiger charge is 2.19. The first-order valence-corrected chi connectivity index (χ1v) is 7.66. The standard InChI is InChI=1S/C13H18N4OS/c1-9-15-10(8-19-9)7-12-16-13(17-18-12)11-5-3-2-4-6-14-11/h8,11,14H,2-7H2,1H3/t11-/m1/s1. The number of nitrogens with one attached hydrogen (secondary N) is 1. The lowest BCUT2D eigenvalue weighted by Gasteiger charge is -2.09. The van der Waals surface area contributed by atoms with Crippen molar-refractivity contribution >= 4 is 11.3 Å². The van der Waals surface area contributed by atoms with Crippen molar-refractivity contribution in [2.75, 3.05) is 6.54 Å². The van der Waals surface area contributed by atoms with Gasteiger partial charge in [0.1, 0.15) is 0 Å². The molecule has 102 valence electrons. The van der Waals surface area contributed by atoms with Crippen molar-refractivity contribution in [3.8, 4) is 0 Å². The summed E-state index contributed by atoms with van der Waals surface area (Å²) in [6.45, 7) is 3.04. The van der Waals surface area contributed by atoms with Crippen molar-refractivity contribution in [2.45, 2.75) is 45.1 Å². The maximum atomic E-state index is 5.34. The fourth-order valence-corrected chi connectivity index (χ4v) is 2.99. The van der Waals surface area contributed by atoms with Crippen LogP contribution in [0.2, 0.25) is 0 Å². The molecule has 5 nitrogen and oxygen atoms in total. The Hall–Kier alpha value is -1.27. The van der Waals surface area contributed by atoms with Gasteiger partial charge in [-0.1, -0.05) is 18.0 Å². The van der Waals surface area contributed by atoms with Crippen LogP contribution >= 0.6 is 11.3 Å². The lowest BCUT2D eigenvalue weighted by atomic mass is 10.1. The highest BCUT2D eigenvalue weighted by atomic mass is 32.1. The van der Waals surface area contributed by atoms with Crippen LogP contribution in [0.1, 0.15) is 54.1 Å².